The molecule has 0 saturated heterocycles. The van der Waals surface area contributed by atoms with Crippen LogP contribution in [0.5, 0.6) is 0 Å². The summed E-state index contributed by atoms with van der Waals surface area (Å²) in [4.78, 5) is 16.6. The zero-order chi connectivity index (χ0) is 13.6. The maximum atomic E-state index is 11.8. The molecule has 18 heavy (non-hydrogen) atoms. The second-order valence-corrected chi connectivity index (χ2v) is 4.99. The Balaban J connectivity index is 3.17. The molecule has 1 atom stereocenters. The van der Waals surface area contributed by atoms with E-state index in [1.807, 2.05) is 18.2 Å². The monoisotopic (exact) mass is 379 g/mol. The zero-order valence-corrected chi connectivity index (χ0v) is 13.4. The number of allylic oxidation sites excluding steroid dienone is 4. The lowest BCUT2D eigenvalue weighted by Gasteiger charge is -2.35. The van der Waals surface area contributed by atoms with E-state index >= 15 is 0 Å². The van der Waals surface area contributed by atoms with Crippen LogP contribution >= 0.6 is 31.9 Å². The van der Waals surface area contributed by atoms with Gasteiger partial charge in [0.15, 0.2) is 5.71 Å². The first-order chi connectivity index (χ1) is 8.65. The molecule has 0 spiro atoms. The Bertz CT molecular complexity index is 387. The van der Waals surface area contributed by atoms with Crippen molar-refractivity contribution >= 4 is 43.5 Å². The van der Waals surface area contributed by atoms with E-state index in [9.17, 15) is 4.79 Å². The lowest BCUT2D eigenvalue weighted by molar-refractivity contribution is -0.133. The summed E-state index contributed by atoms with van der Waals surface area (Å²) >= 11 is 6.99. The van der Waals surface area contributed by atoms with Crippen LogP contribution in [0.2, 0.25) is 0 Å². The molecule has 1 aliphatic carbocycles. The van der Waals surface area contributed by atoms with Gasteiger partial charge in [-0.3, -0.25) is 0 Å². The Kier molecular flexibility index (Phi) is 6.08. The molecular formula is C12H15Br2NO3. The van der Waals surface area contributed by atoms with E-state index in [0.29, 0.717) is 10.7 Å². The summed E-state index contributed by atoms with van der Waals surface area (Å²) in [6.45, 7) is 0. The molecule has 0 heterocycles. The van der Waals surface area contributed by atoms with Crippen molar-refractivity contribution in [3.8, 4) is 0 Å². The van der Waals surface area contributed by atoms with Crippen LogP contribution in [0.3, 0.4) is 0 Å². The molecule has 1 unspecified atom stereocenters. The van der Waals surface area contributed by atoms with Gasteiger partial charge in [-0.1, -0.05) is 61.3 Å². The Morgan fingerprint density at radius 1 is 1.33 bits per heavy atom. The van der Waals surface area contributed by atoms with Crippen molar-refractivity contribution in [2.45, 2.75) is 0 Å². The highest BCUT2D eigenvalue weighted by Gasteiger charge is 2.41. The van der Waals surface area contributed by atoms with Gasteiger partial charge in [0.05, 0.1) is 7.11 Å². The van der Waals surface area contributed by atoms with Gasteiger partial charge in [-0.25, -0.2) is 4.79 Å². The topological polar surface area (TPSA) is 47.9 Å². The highest BCUT2D eigenvalue weighted by atomic mass is 79.9. The lowest BCUT2D eigenvalue weighted by Crippen LogP contribution is -2.41. The Morgan fingerprint density at radius 2 is 2.00 bits per heavy atom. The zero-order valence-electron chi connectivity index (χ0n) is 10.2. The van der Waals surface area contributed by atoms with Crippen LogP contribution in [-0.2, 0) is 14.4 Å². The number of oxime groups is 1. The van der Waals surface area contributed by atoms with Gasteiger partial charge in [-0.2, -0.15) is 0 Å². The Hall–Kier alpha value is -0.620. The molecule has 0 fully saturated rings. The Labute approximate surface area is 123 Å². The molecule has 0 bridgehead atoms. The van der Waals surface area contributed by atoms with Crippen molar-refractivity contribution in [1.29, 1.82) is 0 Å². The van der Waals surface area contributed by atoms with Gasteiger partial charge in [-0.15, -0.1) is 0 Å². The number of carbonyl (C=O) groups excluding carboxylic acids is 1. The molecule has 4 nitrogen and oxygen atoms in total. The van der Waals surface area contributed by atoms with Gasteiger partial charge >= 0.3 is 5.97 Å². The summed E-state index contributed by atoms with van der Waals surface area (Å²) < 4.78 is 4.76. The normalized spacial score (nSPS) is 21.8. The third-order valence-corrected chi connectivity index (χ3v) is 4.93. The molecule has 100 valence electrons. The summed E-state index contributed by atoms with van der Waals surface area (Å²) in [7, 11) is 2.75. The van der Waals surface area contributed by atoms with Gasteiger partial charge < -0.3 is 9.57 Å². The number of esters is 1. The average molecular weight is 381 g/mol. The van der Waals surface area contributed by atoms with E-state index in [-0.39, 0.29) is 17.0 Å². The fourth-order valence-electron chi connectivity index (χ4n) is 1.80. The molecule has 0 aliphatic heterocycles. The predicted octanol–water partition coefficient (Wildman–Crippen LogP) is 2.68. The molecule has 1 rings (SSSR count). The smallest absolute Gasteiger partial charge is 0.356 e. The van der Waals surface area contributed by atoms with Crippen molar-refractivity contribution < 1.29 is 14.4 Å². The summed E-state index contributed by atoms with van der Waals surface area (Å²) in [6.07, 6.45) is 7.83. The van der Waals surface area contributed by atoms with Crippen molar-refractivity contribution in [2.24, 2.45) is 16.5 Å². The minimum absolute atomic E-state index is 0.200. The number of ether oxygens (including phenoxy) is 1. The quantitative estimate of drug-likeness (QED) is 0.319. The van der Waals surface area contributed by atoms with E-state index < -0.39 is 5.97 Å². The average Bonchev–Trinajstić information content (AvgIpc) is 2.44. The maximum absolute atomic E-state index is 11.8. The third-order valence-electron chi connectivity index (χ3n) is 2.84. The molecule has 0 saturated carbocycles. The van der Waals surface area contributed by atoms with Crippen LogP contribution in [-0.4, -0.2) is 36.6 Å². The minimum atomic E-state index is -0.479. The maximum Gasteiger partial charge on any atom is 0.356 e. The largest absolute Gasteiger partial charge is 0.464 e. The molecule has 1 aliphatic rings. The van der Waals surface area contributed by atoms with Crippen molar-refractivity contribution in [3.05, 3.63) is 24.3 Å². The van der Waals surface area contributed by atoms with Crippen molar-refractivity contribution in [2.75, 3.05) is 24.9 Å². The molecule has 0 aromatic heterocycles. The molecule has 0 N–H and O–H groups in total. The van der Waals surface area contributed by atoms with Crippen LogP contribution < -0.4 is 0 Å². The highest BCUT2D eigenvalue weighted by Crippen LogP contribution is 2.38. The molecule has 6 heteroatoms. The number of halogens is 2. The van der Waals surface area contributed by atoms with Gasteiger partial charge in [-0.05, 0) is 0 Å². The minimum Gasteiger partial charge on any atom is -0.464 e. The number of alkyl halides is 2. The van der Waals surface area contributed by atoms with Crippen LogP contribution in [0.25, 0.3) is 0 Å². The second kappa shape index (κ2) is 7.09. The summed E-state index contributed by atoms with van der Waals surface area (Å²) in [6, 6.07) is 0. The number of methoxy groups -OCH3 is 1. The van der Waals surface area contributed by atoms with Gasteiger partial charge in [0, 0.05) is 22.0 Å². The predicted molar refractivity (Wildman–Crippen MR) is 78.3 cm³/mol. The molecule has 0 aromatic rings. The third kappa shape index (κ3) is 3.03. The number of hydrogen-bond acceptors (Lipinski definition) is 4. The number of rotatable bonds is 5. The van der Waals surface area contributed by atoms with E-state index in [0.717, 1.165) is 0 Å². The van der Waals surface area contributed by atoms with Crippen LogP contribution in [0, 0.1) is 11.3 Å². The van der Waals surface area contributed by atoms with E-state index in [4.69, 9.17) is 9.57 Å². The van der Waals surface area contributed by atoms with E-state index in [1.165, 1.54) is 14.2 Å². The van der Waals surface area contributed by atoms with Crippen molar-refractivity contribution in [3.63, 3.8) is 0 Å². The van der Waals surface area contributed by atoms with Gasteiger partial charge in [0.2, 0.25) is 0 Å². The van der Waals surface area contributed by atoms with E-state index in [2.05, 4.69) is 43.1 Å². The van der Waals surface area contributed by atoms with Crippen LogP contribution in [0.4, 0.5) is 0 Å². The number of nitrogens with zero attached hydrogens (tertiary/aromatic N) is 1. The number of hydrogen-bond donors (Lipinski definition) is 0. The summed E-state index contributed by atoms with van der Waals surface area (Å²) in [5.74, 6) is -0.679. The fraction of sp³-hybridized carbons (Fsp3) is 0.500. The van der Waals surface area contributed by atoms with Gasteiger partial charge in [0.25, 0.3) is 0 Å². The first-order valence-electron chi connectivity index (χ1n) is 5.32. The molecule has 0 radical (unpaired) electrons. The Morgan fingerprint density at radius 3 is 2.50 bits per heavy atom. The lowest BCUT2D eigenvalue weighted by atomic mass is 9.73. The summed E-state index contributed by atoms with van der Waals surface area (Å²) in [5, 5.41) is 5.21. The molecule has 0 amide bonds. The number of carbonyl (C=O) groups is 1. The van der Waals surface area contributed by atoms with Crippen molar-refractivity contribution in [1.82, 2.24) is 0 Å². The standard InChI is InChI=1S/C12H15Br2NO3/c1-17-11(16)10(15-18-2)9-5-3-4-6-12(9,7-13)8-14/h3-6,9H,7-8H2,1-2H3/b15-10+. The highest BCUT2D eigenvalue weighted by molar-refractivity contribution is 9.09. The molecule has 0 aromatic carbocycles. The molecular weight excluding hydrogens is 366 g/mol. The van der Waals surface area contributed by atoms with Crippen LogP contribution in [0.15, 0.2) is 29.5 Å². The first-order valence-corrected chi connectivity index (χ1v) is 7.56. The second-order valence-electron chi connectivity index (χ2n) is 3.87. The first kappa shape index (κ1) is 15.4. The van der Waals surface area contributed by atoms with E-state index in [1.54, 1.807) is 0 Å². The fourth-order valence-corrected chi connectivity index (χ4v) is 3.80. The SMILES string of the molecule is CO/N=C(/C(=O)OC)C1C=CC=CC1(CBr)CBr. The summed E-state index contributed by atoms with van der Waals surface area (Å²) in [5.41, 5.74) is -0.000162. The van der Waals surface area contributed by atoms with Crippen LogP contribution in [0.1, 0.15) is 0 Å². The van der Waals surface area contributed by atoms with Gasteiger partial charge in [0.1, 0.15) is 7.11 Å².